The van der Waals surface area contributed by atoms with Crippen LogP contribution in [0.15, 0.2) is 54.9 Å². The van der Waals surface area contributed by atoms with Gasteiger partial charge in [0.2, 0.25) is 0 Å². The van der Waals surface area contributed by atoms with Gasteiger partial charge in [-0.25, -0.2) is 4.79 Å². The highest BCUT2D eigenvalue weighted by atomic mass is 16.5. The minimum Gasteiger partial charge on any atom is -0.492 e. The Morgan fingerprint density at radius 1 is 1.07 bits per heavy atom. The van der Waals surface area contributed by atoms with Crippen LogP contribution >= 0.6 is 0 Å². The van der Waals surface area contributed by atoms with Crippen LogP contribution in [0.4, 0.5) is 5.69 Å². The molecule has 0 fully saturated rings. The SMILES string of the molecule is CCOc1ccccc1NC(=O)[C@@H](C)OC(=O)c1ccc2nccnc2c1. The quantitative estimate of drug-likeness (QED) is 0.675. The van der Waals surface area contributed by atoms with Gasteiger partial charge >= 0.3 is 5.97 Å². The maximum atomic E-state index is 12.4. The van der Waals surface area contributed by atoms with Crippen LogP contribution in [-0.2, 0) is 9.53 Å². The Labute approximate surface area is 156 Å². The van der Waals surface area contributed by atoms with Gasteiger partial charge in [0, 0.05) is 12.4 Å². The van der Waals surface area contributed by atoms with Crippen LogP contribution in [0.2, 0.25) is 0 Å². The van der Waals surface area contributed by atoms with Crippen molar-refractivity contribution < 1.29 is 19.1 Å². The van der Waals surface area contributed by atoms with Crippen LogP contribution in [0.3, 0.4) is 0 Å². The number of nitrogens with zero attached hydrogens (tertiary/aromatic N) is 2. The summed E-state index contributed by atoms with van der Waals surface area (Å²) in [5, 5.41) is 2.72. The Morgan fingerprint density at radius 3 is 2.59 bits per heavy atom. The molecule has 0 bridgehead atoms. The molecule has 138 valence electrons. The maximum Gasteiger partial charge on any atom is 0.338 e. The molecule has 0 aliphatic carbocycles. The maximum absolute atomic E-state index is 12.4. The first-order chi connectivity index (χ1) is 13.1. The van der Waals surface area contributed by atoms with Crippen LogP contribution in [0.1, 0.15) is 24.2 Å². The van der Waals surface area contributed by atoms with Gasteiger partial charge in [-0.2, -0.15) is 0 Å². The molecular weight excluding hydrogens is 346 g/mol. The smallest absolute Gasteiger partial charge is 0.338 e. The fraction of sp³-hybridized carbons (Fsp3) is 0.200. The van der Waals surface area contributed by atoms with E-state index in [9.17, 15) is 9.59 Å². The second kappa shape index (κ2) is 8.27. The number of fused-ring (bicyclic) bond motifs is 1. The number of benzene rings is 2. The lowest BCUT2D eigenvalue weighted by atomic mass is 10.2. The molecule has 7 nitrogen and oxygen atoms in total. The third kappa shape index (κ3) is 4.38. The van der Waals surface area contributed by atoms with E-state index in [1.807, 2.05) is 13.0 Å². The van der Waals surface area contributed by atoms with Crippen LogP contribution in [0.5, 0.6) is 5.75 Å². The number of anilines is 1. The molecule has 0 saturated carbocycles. The van der Waals surface area contributed by atoms with Crippen LogP contribution in [0.25, 0.3) is 11.0 Å². The van der Waals surface area contributed by atoms with Gasteiger partial charge in [0.15, 0.2) is 6.10 Å². The number of carbonyl (C=O) groups is 2. The standard InChI is InChI=1S/C20H19N3O4/c1-3-26-18-7-5-4-6-16(18)23-19(24)13(2)27-20(25)14-8-9-15-17(12-14)22-11-10-21-15/h4-13H,3H2,1-2H3,(H,23,24)/t13-/m1/s1. The normalized spacial score (nSPS) is 11.6. The summed E-state index contributed by atoms with van der Waals surface area (Å²) >= 11 is 0. The van der Waals surface area contributed by atoms with Gasteiger partial charge in [-0.1, -0.05) is 12.1 Å². The molecule has 0 saturated heterocycles. The fourth-order valence-electron chi connectivity index (χ4n) is 2.46. The van der Waals surface area contributed by atoms with Gasteiger partial charge in [-0.3, -0.25) is 14.8 Å². The van der Waals surface area contributed by atoms with Crippen molar-refractivity contribution in [2.45, 2.75) is 20.0 Å². The molecule has 3 aromatic rings. The number of hydrogen-bond donors (Lipinski definition) is 1. The summed E-state index contributed by atoms with van der Waals surface area (Å²) in [7, 11) is 0. The average molecular weight is 365 g/mol. The number of ether oxygens (including phenoxy) is 2. The number of aromatic nitrogens is 2. The number of amides is 1. The number of esters is 1. The lowest BCUT2D eigenvalue weighted by Crippen LogP contribution is -2.30. The van der Waals surface area contributed by atoms with E-state index in [1.165, 1.54) is 6.92 Å². The van der Waals surface area contributed by atoms with Crippen LogP contribution in [-0.4, -0.2) is 34.6 Å². The van der Waals surface area contributed by atoms with Gasteiger partial charge in [0.25, 0.3) is 5.91 Å². The molecule has 1 atom stereocenters. The lowest BCUT2D eigenvalue weighted by Gasteiger charge is -2.15. The van der Waals surface area contributed by atoms with Crippen LogP contribution < -0.4 is 10.1 Å². The van der Waals surface area contributed by atoms with Crippen molar-refractivity contribution >= 4 is 28.6 Å². The summed E-state index contributed by atoms with van der Waals surface area (Å²) in [5.74, 6) is -0.501. The van der Waals surface area contributed by atoms with Crippen molar-refractivity contribution in [1.82, 2.24) is 9.97 Å². The van der Waals surface area contributed by atoms with Crippen molar-refractivity contribution in [2.24, 2.45) is 0 Å². The van der Waals surface area contributed by atoms with Crippen molar-refractivity contribution in [2.75, 3.05) is 11.9 Å². The fourth-order valence-corrected chi connectivity index (χ4v) is 2.46. The summed E-state index contributed by atoms with van der Waals surface area (Å²) in [6, 6.07) is 11.9. The third-order valence-corrected chi connectivity index (χ3v) is 3.80. The van der Waals surface area contributed by atoms with E-state index < -0.39 is 18.0 Å². The molecule has 0 aliphatic rings. The number of hydrogen-bond acceptors (Lipinski definition) is 6. The zero-order valence-electron chi connectivity index (χ0n) is 15.0. The molecule has 2 aromatic carbocycles. The first-order valence-corrected chi connectivity index (χ1v) is 8.53. The number of para-hydroxylation sites is 2. The van der Waals surface area contributed by atoms with Crippen molar-refractivity contribution in [1.29, 1.82) is 0 Å². The Morgan fingerprint density at radius 2 is 1.81 bits per heavy atom. The monoisotopic (exact) mass is 365 g/mol. The lowest BCUT2D eigenvalue weighted by molar-refractivity contribution is -0.123. The highest BCUT2D eigenvalue weighted by Crippen LogP contribution is 2.24. The molecule has 1 amide bonds. The van der Waals surface area contributed by atoms with E-state index >= 15 is 0 Å². The highest BCUT2D eigenvalue weighted by molar-refractivity contribution is 5.99. The molecule has 1 N–H and O–H groups in total. The molecular formula is C20H19N3O4. The predicted octanol–water partition coefficient (Wildman–Crippen LogP) is 3.21. The van der Waals surface area contributed by atoms with Gasteiger partial charge < -0.3 is 14.8 Å². The largest absolute Gasteiger partial charge is 0.492 e. The molecule has 0 unspecified atom stereocenters. The van der Waals surface area contributed by atoms with Crippen molar-refractivity contribution in [3.05, 3.63) is 60.4 Å². The van der Waals surface area contributed by atoms with E-state index in [2.05, 4.69) is 15.3 Å². The molecule has 1 heterocycles. The molecule has 7 heteroatoms. The Balaban J connectivity index is 1.67. The number of carbonyl (C=O) groups excluding carboxylic acids is 2. The van der Waals surface area contributed by atoms with E-state index in [0.29, 0.717) is 34.6 Å². The Hall–Kier alpha value is -3.48. The summed E-state index contributed by atoms with van der Waals surface area (Å²) in [6.45, 7) is 3.84. The zero-order valence-corrected chi connectivity index (χ0v) is 15.0. The number of rotatable bonds is 6. The van der Waals surface area contributed by atoms with E-state index in [4.69, 9.17) is 9.47 Å². The first kappa shape index (κ1) is 18.3. The first-order valence-electron chi connectivity index (χ1n) is 8.53. The summed E-state index contributed by atoms with van der Waals surface area (Å²) in [5.41, 5.74) is 2.08. The van der Waals surface area contributed by atoms with Gasteiger partial charge in [0.1, 0.15) is 5.75 Å². The predicted molar refractivity (Wildman–Crippen MR) is 101 cm³/mol. The molecule has 0 spiro atoms. The second-order valence-corrected chi connectivity index (χ2v) is 5.73. The molecule has 27 heavy (non-hydrogen) atoms. The second-order valence-electron chi connectivity index (χ2n) is 5.73. The van der Waals surface area contributed by atoms with Crippen LogP contribution in [0, 0.1) is 0 Å². The summed E-state index contributed by atoms with van der Waals surface area (Å²) in [6.07, 6.45) is 2.14. The van der Waals surface area contributed by atoms with E-state index in [0.717, 1.165) is 0 Å². The topological polar surface area (TPSA) is 90.4 Å². The highest BCUT2D eigenvalue weighted by Gasteiger charge is 2.20. The van der Waals surface area contributed by atoms with E-state index in [1.54, 1.807) is 48.8 Å². The van der Waals surface area contributed by atoms with Crippen molar-refractivity contribution in [3.63, 3.8) is 0 Å². The summed E-state index contributed by atoms with van der Waals surface area (Å²) < 4.78 is 10.8. The minimum atomic E-state index is -0.982. The van der Waals surface area contributed by atoms with E-state index in [-0.39, 0.29) is 0 Å². The van der Waals surface area contributed by atoms with Gasteiger partial charge in [-0.05, 0) is 44.2 Å². The average Bonchev–Trinajstić information content (AvgIpc) is 2.69. The molecule has 1 aromatic heterocycles. The Kier molecular flexibility index (Phi) is 5.61. The molecule has 3 rings (SSSR count). The Bertz CT molecular complexity index is 974. The minimum absolute atomic E-state index is 0.303. The number of nitrogens with one attached hydrogen (secondary N) is 1. The van der Waals surface area contributed by atoms with Gasteiger partial charge in [-0.15, -0.1) is 0 Å². The molecule has 0 radical (unpaired) electrons. The van der Waals surface area contributed by atoms with Crippen molar-refractivity contribution in [3.8, 4) is 5.75 Å². The van der Waals surface area contributed by atoms with Gasteiger partial charge in [0.05, 0.1) is 28.9 Å². The zero-order chi connectivity index (χ0) is 19.2. The molecule has 0 aliphatic heterocycles. The summed E-state index contributed by atoms with van der Waals surface area (Å²) in [4.78, 5) is 33.0. The third-order valence-electron chi connectivity index (χ3n) is 3.80.